The van der Waals surface area contributed by atoms with Gasteiger partial charge >= 0.3 is 5.97 Å². The molecule has 2 rings (SSSR count). The van der Waals surface area contributed by atoms with Crippen LogP contribution in [0.25, 0.3) is 0 Å². The monoisotopic (exact) mass is 255 g/mol. The van der Waals surface area contributed by atoms with Crippen LogP contribution in [-0.4, -0.2) is 44.1 Å². The molecule has 17 heavy (non-hydrogen) atoms. The van der Waals surface area contributed by atoms with Gasteiger partial charge in [-0.3, -0.25) is 4.79 Å². The van der Waals surface area contributed by atoms with Gasteiger partial charge in [0, 0.05) is 6.54 Å². The lowest BCUT2D eigenvalue weighted by Crippen LogP contribution is -2.40. The van der Waals surface area contributed by atoms with Gasteiger partial charge in [-0.25, -0.2) is 4.79 Å². The van der Waals surface area contributed by atoms with E-state index in [1.807, 2.05) is 6.92 Å². The Labute approximate surface area is 102 Å². The zero-order valence-electron chi connectivity index (χ0n) is 9.42. The van der Waals surface area contributed by atoms with E-state index >= 15 is 0 Å². The van der Waals surface area contributed by atoms with Gasteiger partial charge in [0.15, 0.2) is 0 Å². The maximum atomic E-state index is 12.2. The van der Waals surface area contributed by atoms with Gasteiger partial charge in [-0.2, -0.15) is 0 Å². The number of carboxylic acids is 1. The van der Waals surface area contributed by atoms with Crippen molar-refractivity contribution in [1.29, 1.82) is 0 Å². The van der Waals surface area contributed by atoms with Crippen molar-refractivity contribution in [3.8, 4) is 0 Å². The normalized spacial score (nSPS) is 19.6. The van der Waals surface area contributed by atoms with Crippen LogP contribution in [0.1, 0.15) is 35.1 Å². The Morgan fingerprint density at radius 2 is 2.35 bits per heavy atom. The van der Waals surface area contributed by atoms with E-state index in [-0.39, 0.29) is 5.91 Å². The van der Waals surface area contributed by atoms with Crippen LogP contribution in [0.15, 0.2) is 0 Å². The second kappa shape index (κ2) is 4.79. The van der Waals surface area contributed by atoms with Gasteiger partial charge in [0.2, 0.25) is 0 Å². The molecule has 1 atom stereocenters. The summed E-state index contributed by atoms with van der Waals surface area (Å²) in [6.07, 6.45) is 1.88. The van der Waals surface area contributed by atoms with Crippen LogP contribution in [0.4, 0.5) is 0 Å². The van der Waals surface area contributed by atoms with Crippen LogP contribution in [0.5, 0.6) is 0 Å². The molecule has 92 valence electrons. The summed E-state index contributed by atoms with van der Waals surface area (Å²) in [5.41, 5.74) is 0.649. The minimum Gasteiger partial charge on any atom is -0.480 e. The number of likely N-dealkylation sites (tertiary alicyclic amines) is 1. The summed E-state index contributed by atoms with van der Waals surface area (Å²) < 4.78 is 3.75. The van der Waals surface area contributed by atoms with Gasteiger partial charge in [0.05, 0.1) is 5.69 Å². The molecule has 0 aliphatic carbocycles. The molecule has 0 radical (unpaired) electrons. The predicted molar refractivity (Wildman–Crippen MR) is 61.0 cm³/mol. The van der Waals surface area contributed by atoms with Gasteiger partial charge in [0.25, 0.3) is 5.91 Å². The fraction of sp³-hybridized carbons (Fsp3) is 0.600. The van der Waals surface area contributed by atoms with Crippen molar-refractivity contribution in [2.24, 2.45) is 0 Å². The van der Waals surface area contributed by atoms with Crippen molar-refractivity contribution in [3.63, 3.8) is 0 Å². The Balaban J connectivity index is 2.23. The maximum absolute atomic E-state index is 12.2. The van der Waals surface area contributed by atoms with Gasteiger partial charge in [-0.1, -0.05) is 11.4 Å². The number of aliphatic carboxylic acids is 1. The minimum absolute atomic E-state index is 0.248. The number of aryl methyl sites for hydroxylation is 1. The lowest BCUT2D eigenvalue weighted by atomic mass is 10.2. The Bertz CT molecular complexity index is 446. The Hall–Kier alpha value is -1.50. The first-order valence-corrected chi connectivity index (χ1v) is 6.27. The summed E-state index contributed by atoms with van der Waals surface area (Å²) in [5, 5.41) is 12.9. The average Bonchev–Trinajstić information content (AvgIpc) is 2.96. The Kier molecular flexibility index (Phi) is 3.37. The smallest absolute Gasteiger partial charge is 0.326 e. The second-order valence-electron chi connectivity index (χ2n) is 3.90. The molecule has 0 saturated carbocycles. The highest BCUT2D eigenvalue weighted by atomic mass is 32.1. The van der Waals surface area contributed by atoms with Crippen molar-refractivity contribution in [2.45, 2.75) is 32.2 Å². The number of hydrogen-bond acceptors (Lipinski definition) is 5. The van der Waals surface area contributed by atoms with E-state index in [1.54, 1.807) is 0 Å². The molecule has 1 fully saturated rings. The van der Waals surface area contributed by atoms with E-state index < -0.39 is 12.0 Å². The molecule has 7 heteroatoms. The number of carbonyl (C=O) groups excluding carboxylic acids is 1. The number of amides is 1. The Morgan fingerprint density at radius 1 is 1.59 bits per heavy atom. The third kappa shape index (κ3) is 2.14. The molecule has 1 aliphatic rings. The van der Waals surface area contributed by atoms with Crippen LogP contribution in [-0.2, 0) is 11.2 Å². The van der Waals surface area contributed by atoms with Crippen molar-refractivity contribution in [1.82, 2.24) is 14.5 Å². The molecular formula is C10H13N3O3S. The van der Waals surface area contributed by atoms with Crippen LogP contribution >= 0.6 is 11.5 Å². The lowest BCUT2D eigenvalue weighted by Gasteiger charge is -2.20. The fourth-order valence-corrected chi connectivity index (χ4v) is 2.71. The summed E-state index contributed by atoms with van der Waals surface area (Å²) in [6, 6.07) is -0.700. The minimum atomic E-state index is -0.939. The Morgan fingerprint density at radius 3 is 3.00 bits per heavy atom. The molecule has 1 aromatic rings. The number of aromatic nitrogens is 2. The van der Waals surface area contributed by atoms with Gasteiger partial charge in [0.1, 0.15) is 10.9 Å². The molecule has 0 bridgehead atoms. The van der Waals surface area contributed by atoms with Gasteiger partial charge in [-0.05, 0) is 30.8 Å². The molecule has 2 heterocycles. The standard InChI is InChI=1S/C10H13N3O3S/c1-2-6-8(17-12-11-6)9(14)13-5-3-4-7(13)10(15)16/h7H,2-5H2,1H3,(H,15,16). The SMILES string of the molecule is CCc1nnsc1C(=O)N1CCCC1C(=O)O. The zero-order valence-corrected chi connectivity index (χ0v) is 10.2. The summed E-state index contributed by atoms with van der Waals surface area (Å²) in [6.45, 7) is 2.39. The van der Waals surface area contributed by atoms with Crippen LogP contribution in [0.2, 0.25) is 0 Å². The molecule has 6 nitrogen and oxygen atoms in total. The van der Waals surface area contributed by atoms with Crippen molar-refractivity contribution in [2.75, 3.05) is 6.54 Å². The number of rotatable bonds is 3. The highest BCUT2D eigenvalue weighted by Crippen LogP contribution is 2.23. The first-order valence-electron chi connectivity index (χ1n) is 5.50. The zero-order chi connectivity index (χ0) is 12.4. The van der Waals surface area contributed by atoms with E-state index in [1.165, 1.54) is 4.90 Å². The average molecular weight is 255 g/mol. The highest BCUT2D eigenvalue weighted by Gasteiger charge is 2.35. The number of carboxylic acid groups (broad SMARTS) is 1. The molecule has 0 spiro atoms. The van der Waals surface area contributed by atoms with Crippen LogP contribution in [0, 0.1) is 0 Å². The predicted octanol–water partition coefficient (Wildman–Crippen LogP) is 0.790. The maximum Gasteiger partial charge on any atom is 0.326 e. The summed E-state index contributed by atoms with van der Waals surface area (Å²) in [4.78, 5) is 25.1. The van der Waals surface area contributed by atoms with Crippen molar-refractivity contribution < 1.29 is 14.7 Å². The highest BCUT2D eigenvalue weighted by molar-refractivity contribution is 7.08. The van der Waals surface area contributed by atoms with Crippen LogP contribution in [0.3, 0.4) is 0 Å². The lowest BCUT2D eigenvalue weighted by molar-refractivity contribution is -0.141. The van der Waals surface area contributed by atoms with E-state index in [2.05, 4.69) is 9.59 Å². The quantitative estimate of drug-likeness (QED) is 0.863. The summed E-state index contributed by atoms with van der Waals surface area (Å²) in [7, 11) is 0. The molecule has 0 aromatic carbocycles. The van der Waals surface area contributed by atoms with E-state index in [4.69, 9.17) is 5.11 Å². The third-order valence-corrected chi connectivity index (χ3v) is 3.64. The molecule has 1 aliphatic heterocycles. The number of nitrogens with zero attached hydrogens (tertiary/aromatic N) is 3. The van der Waals surface area contributed by atoms with Crippen LogP contribution < -0.4 is 0 Å². The first-order chi connectivity index (χ1) is 8.15. The second-order valence-corrected chi connectivity index (χ2v) is 4.65. The fourth-order valence-electron chi connectivity index (χ4n) is 2.00. The molecule has 1 aromatic heterocycles. The summed E-state index contributed by atoms with van der Waals surface area (Å²) >= 11 is 1.04. The van der Waals surface area contributed by atoms with Crippen molar-refractivity contribution >= 4 is 23.4 Å². The largest absolute Gasteiger partial charge is 0.480 e. The molecule has 1 saturated heterocycles. The molecular weight excluding hydrogens is 242 g/mol. The van der Waals surface area contributed by atoms with Crippen molar-refractivity contribution in [3.05, 3.63) is 10.6 Å². The molecule has 1 unspecified atom stereocenters. The van der Waals surface area contributed by atoms with Gasteiger partial charge < -0.3 is 10.0 Å². The molecule has 1 N–H and O–H groups in total. The number of carbonyl (C=O) groups is 2. The summed E-state index contributed by atoms with van der Waals surface area (Å²) in [5.74, 6) is -1.19. The van der Waals surface area contributed by atoms with E-state index in [0.717, 1.165) is 18.0 Å². The number of hydrogen-bond donors (Lipinski definition) is 1. The third-order valence-electron chi connectivity index (χ3n) is 2.88. The van der Waals surface area contributed by atoms with Gasteiger partial charge in [-0.15, -0.1) is 5.10 Å². The first kappa shape index (κ1) is 12.0. The van der Waals surface area contributed by atoms with E-state index in [0.29, 0.717) is 30.0 Å². The van der Waals surface area contributed by atoms with E-state index in [9.17, 15) is 9.59 Å². The molecule has 1 amide bonds. The topological polar surface area (TPSA) is 83.4 Å².